The molecular formula is C18H18Cl2N2O4S. The standard InChI is InChI=1S/C18H18Cl2N2O4S/c19-15-7-4-8-16(18(15)20)26-12-17(23)21-13-5-3-6-14(11-13)27(24,25)22-9-1-2-10-22/h3-8,11H,1-2,9-10,12H2,(H,21,23). The molecule has 0 bridgehead atoms. The average Bonchev–Trinajstić information content (AvgIpc) is 3.19. The van der Waals surface area contributed by atoms with Gasteiger partial charge in [-0.15, -0.1) is 0 Å². The minimum absolute atomic E-state index is 0.154. The normalized spacial score (nSPS) is 14.9. The van der Waals surface area contributed by atoms with Crippen molar-refractivity contribution in [3.8, 4) is 5.75 Å². The number of hydrogen-bond donors (Lipinski definition) is 1. The monoisotopic (exact) mass is 428 g/mol. The Bertz CT molecular complexity index is 944. The molecule has 1 saturated heterocycles. The minimum atomic E-state index is -3.54. The van der Waals surface area contributed by atoms with E-state index >= 15 is 0 Å². The molecule has 1 amide bonds. The van der Waals surface area contributed by atoms with Gasteiger partial charge in [0.15, 0.2) is 6.61 Å². The number of nitrogens with zero attached hydrogens (tertiary/aromatic N) is 1. The minimum Gasteiger partial charge on any atom is -0.482 e. The number of hydrogen-bond acceptors (Lipinski definition) is 4. The van der Waals surface area contributed by atoms with E-state index in [1.807, 2.05) is 0 Å². The molecule has 0 unspecified atom stereocenters. The molecule has 9 heteroatoms. The molecule has 2 aromatic rings. The predicted octanol–water partition coefficient (Wildman–Crippen LogP) is 3.80. The number of sulfonamides is 1. The van der Waals surface area contributed by atoms with Crippen LogP contribution in [0.1, 0.15) is 12.8 Å². The van der Waals surface area contributed by atoms with Gasteiger partial charge in [-0.25, -0.2) is 8.42 Å². The lowest BCUT2D eigenvalue weighted by atomic mass is 10.3. The molecule has 6 nitrogen and oxygen atoms in total. The van der Waals surface area contributed by atoms with Crippen molar-refractivity contribution in [1.29, 1.82) is 0 Å². The number of amides is 1. The number of rotatable bonds is 6. The van der Waals surface area contributed by atoms with E-state index in [0.717, 1.165) is 12.8 Å². The number of halogens is 2. The van der Waals surface area contributed by atoms with Crippen molar-refractivity contribution in [3.63, 3.8) is 0 Å². The molecule has 144 valence electrons. The van der Waals surface area contributed by atoms with E-state index in [4.69, 9.17) is 27.9 Å². The maximum atomic E-state index is 12.6. The molecule has 0 spiro atoms. The predicted molar refractivity (Wildman–Crippen MR) is 105 cm³/mol. The van der Waals surface area contributed by atoms with Crippen molar-refractivity contribution in [1.82, 2.24) is 4.31 Å². The zero-order chi connectivity index (χ0) is 19.4. The van der Waals surface area contributed by atoms with Gasteiger partial charge >= 0.3 is 0 Å². The van der Waals surface area contributed by atoms with Crippen molar-refractivity contribution in [2.45, 2.75) is 17.7 Å². The molecule has 3 rings (SSSR count). The molecule has 1 aliphatic rings. The maximum Gasteiger partial charge on any atom is 0.262 e. The SMILES string of the molecule is O=C(COc1cccc(Cl)c1Cl)Nc1cccc(S(=O)(=O)N2CCCC2)c1. The number of ether oxygens (including phenoxy) is 1. The van der Waals surface area contributed by atoms with Gasteiger partial charge in [0.2, 0.25) is 10.0 Å². The summed E-state index contributed by atoms with van der Waals surface area (Å²) in [7, 11) is -3.54. The van der Waals surface area contributed by atoms with Crippen LogP contribution in [0.15, 0.2) is 47.4 Å². The number of carbonyl (C=O) groups is 1. The van der Waals surface area contributed by atoms with E-state index in [0.29, 0.717) is 29.5 Å². The Morgan fingerprint density at radius 2 is 1.81 bits per heavy atom. The van der Waals surface area contributed by atoms with Crippen molar-refractivity contribution in [3.05, 3.63) is 52.5 Å². The van der Waals surface area contributed by atoms with E-state index < -0.39 is 15.9 Å². The van der Waals surface area contributed by atoms with Crippen LogP contribution >= 0.6 is 23.2 Å². The molecule has 1 heterocycles. The van der Waals surface area contributed by atoms with Crippen LogP contribution in [0.25, 0.3) is 0 Å². The number of carbonyl (C=O) groups excluding carboxylic acids is 1. The lowest BCUT2D eigenvalue weighted by Crippen LogP contribution is -2.28. The molecular weight excluding hydrogens is 411 g/mol. The van der Waals surface area contributed by atoms with Crippen LogP contribution in [-0.2, 0) is 14.8 Å². The van der Waals surface area contributed by atoms with Crippen molar-refractivity contribution in [2.24, 2.45) is 0 Å². The van der Waals surface area contributed by atoms with Crippen molar-refractivity contribution < 1.29 is 17.9 Å². The molecule has 2 aromatic carbocycles. The van der Waals surface area contributed by atoms with Gasteiger partial charge in [-0.1, -0.05) is 35.3 Å². The summed E-state index contributed by atoms with van der Waals surface area (Å²) < 4.78 is 32.1. The van der Waals surface area contributed by atoms with Gasteiger partial charge in [0.05, 0.1) is 9.92 Å². The topological polar surface area (TPSA) is 75.7 Å². The maximum absolute atomic E-state index is 12.6. The van der Waals surface area contributed by atoms with Crippen LogP contribution in [0, 0.1) is 0 Å². The summed E-state index contributed by atoms with van der Waals surface area (Å²) in [6.45, 7) is 0.753. The Hall–Kier alpha value is -1.80. The smallest absolute Gasteiger partial charge is 0.262 e. The Balaban J connectivity index is 1.65. The lowest BCUT2D eigenvalue weighted by molar-refractivity contribution is -0.118. The Labute approximate surface area is 168 Å². The fourth-order valence-electron chi connectivity index (χ4n) is 2.75. The van der Waals surface area contributed by atoms with Gasteiger partial charge in [0.1, 0.15) is 10.8 Å². The molecule has 0 aromatic heterocycles. The first-order valence-corrected chi connectivity index (χ1v) is 10.5. The molecule has 27 heavy (non-hydrogen) atoms. The first-order chi connectivity index (χ1) is 12.9. The summed E-state index contributed by atoms with van der Waals surface area (Å²) in [5.41, 5.74) is 0.376. The molecule has 1 N–H and O–H groups in total. The molecule has 1 fully saturated rings. The second kappa shape index (κ2) is 8.48. The zero-order valence-corrected chi connectivity index (χ0v) is 16.6. The number of benzene rings is 2. The van der Waals surface area contributed by atoms with E-state index in [9.17, 15) is 13.2 Å². The summed E-state index contributed by atoms with van der Waals surface area (Å²) in [4.78, 5) is 12.3. The third kappa shape index (κ3) is 4.73. The van der Waals surface area contributed by atoms with Crippen LogP contribution < -0.4 is 10.1 Å². The lowest BCUT2D eigenvalue weighted by Gasteiger charge is -2.16. The highest BCUT2D eigenvalue weighted by Gasteiger charge is 2.27. The Morgan fingerprint density at radius 3 is 2.56 bits per heavy atom. The van der Waals surface area contributed by atoms with Gasteiger partial charge in [-0.2, -0.15) is 4.31 Å². The van der Waals surface area contributed by atoms with Crippen molar-refractivity contribution >= 4 is 44.8 Å². The van der Waals surface area contributed by atoms with Crippen LogP contribution in [0.3, 0.4) is 0 Å². The third-order valence-electron chi connectivity index (χ3n) is 4.10. The van der Waals surface area contributed by atoms with Gasteiger partial charge < -0.3 is 10.1 Å². The van der Waals surface area contributed by atoms with E-state index in [1.54, 1.807) is 30.3 Å². The summed E-state index contributed by atoms with van der Waals surface area (Å²) >= 11 is 11.9. The van der Waals surface area contributed by atoms with E-state index in [1.165, 1.54) is 16.4 Å². The second-order valence-corrected chi connectivity index (χ2v) is 8.75. The van der Waals surface area contributed by atoms with Crippen LogP contribution in [0.2, 0.25) is 10.0 Å². The van der Waals surface area contributed by atoms with Crippen LogP contribution in [0.5, 0.6) is 5.75 Å². The molecule has 0 saturated carbocycles. The van der Waals surface area contributed by atoms with Crippen LogP contribution in [0.4, 0.5) is 5.69 Å². The van der Waals surface area contributed by atoms with Gasteiger partial charge in [0.25, 0.3) is 5.91 Å². The van der Waals surface area contributed by atoms with E-state index in [2.05, 4.69) is 5.32 Å². The zero-order valence-electron chi connectivity index (χ0n) is 14.3. The van der Waals surface area contributed by atoms with Crippen molar-refractivity contribution in [2.75, 3.05) is 25.0 Å². The summed E-state index contributed by atoms with van der Waals surface area (Å²) in [6, 6.07) is 11.0. The Kier molecular flexibility index (Phi) is 6.26. The summed E-state index contributed by atoms with van der Waals surface area (Å²) in [5.74, 6) is -0.147. The first-order valence-electron chi connectivity index (χ1n) is 8.35. The number of anilines is 1. The highest BCUT2D eigenvalue weighted by Crippen LogP contribution is 2.31. The van der Waals surface area contributed by atoms with Crippen LogP contribution in [-0.4, -0.2) is 38.3 Å². The fourth-order valence-corrected chi connectivity index (χ4v) is 4.66. The molecule has 1 aliphatic heterocycles. The van der Waals surface area contributed by atoms with Gasteiger partial charge in [0, 0.05) is 18.8 Å². The fraction of sp³-hybridized carbons (Fsp3) is 0.278. The summed E-state index contributed by atoms with van der Waals surface area (Å²) in [6.07, 6.45) is 1.72. The largest absolute Gasteiger partial charge is 0.482 e. The average molecular weight is 429 g/mol. The highest BCUT2D eigenvalue weighted by molar-refractivity contribution is 7.89. The number of nitrogens with one attached hydrogen (secondary N) is 1. The molecule has 0 atom stereocenters. The summed E-state index contributed by atoms with van der Waals surface area (Å²) in [5, 5.41) is 3.18. The Morgan fingerprint density at radius 1 is 1.11 bits per heavy atom. The first kappa shape index (κ1) is 19.9. The van der Waals surface area contributed by atoms with Gasteiger partial charge in [-0.05, 0) is 43.2 Å². The second-order valence-electron chi connectivity index (χ2n) is 6.03. The molecule has 0 aliphatic carbocycles. The molecule has 0 radical (unpaired) electrons. The third-order valence-corrected chi connectivity index (χ3v) is 6.79. The van der Waals surface area contributed by atoms with Gasteiger partial charge in [-0.3, -0.25) is 4.79 Å². The highest BCUT2D eigenvalue weighted by atomic mass is 35.5. The van der Waals surface area contributed by atoms with E-state index in [-0.39, 0.29) is 16.5 Å². The quantitative estimate of drug-likeness (QED) is 0.758.